The van der Waals surface area contributed by atoms with Crippen LogP contribution < -0.4 is 10.6 Å². The molecule has 0 saturated heterocycles. The maximum Gasteiger partial charge on any atom is 0.293 e. The fourth-order valence-electron chi connectivity index (χ4n) is 2.98. The summed E-state index contributed by atoms with van der Waals surface area (Å²) in [6.45, 7) is 0. The van der Waals surface area contributed by atoms with E-state index in [0.717, 1.165) is 5.56 Å². The van der Waals surface area contributed by atoms with Crippen LogP contribution in [0, 0.1) is 5.82 Å². The SMILES string of the molecule is O=C(C=Cc1ccccc1)Nc1c(C(=O)Nc2cccc(F)c2)oc2ccccc12. The molecule has 0 atom stereocenters. The Morgan fingerprint density at radius 2 is 1.63 bits per heavy atom. The topological polar surface area (TPSA) is 71.3 Å². The summed E-state index contributed by atoms with van der Waals surface area (Å²) in [4.78, 5) is 25.3. The van der Waals surface area contributed by atoms with Gasteiger partial charge in [0, 0.05) is 17.1 Å². The number of carbonyl (C=O) groups excluding carboxylic acids is 2. The van der Waals surface area contributed by atoms with E-state index in [1.165, 1.54) is 24.3 Å². The molecule has 0 fully saturated rings. The number of hydrogen-bond acceptors (Lipinski definition) is 3. The van der Waals surface area contributed by atoms with Gasteiger partial charge in [0.1, 0.15) is 17.1 Å². The summed E-state index contributed by atoms with van der Waals surface area (Å²) >= 11 is 0. The molecule has 5 nitrogen and oxygen atoms in total. The van der Waals surface area contributed by atoms with Gasteiger partial charge < -0.3 is 15.1 Å². The monoisotopic (exact) mass is 400 g/mol. The Balaban J connectivity index is 1.62. The highest BCUT2D eigenvalue weighted by Gasteiger charge is 2.22. The summed E-state index contributed by atoms with van der Waals surface area (Å²) in [6, 6.07) is 21.9. The summed E-state index contributed by atoms with van der Waals surface area (Å²) < 4.78 is 19.1. The Hall–Kier alpha value is -4.19. The van der Waals surface area contributed by atoms with E-state index in [1.54, 1.807) is 36.4 Å². The number of rotatable bonds is 5. The molecule has 0 aliphatic carbocycles. The maximum absolute atomic E-state index is 13.4. The minimum atomic E-state index is -0.598. The smallest absolute Gasteiger partial charge is 0.293 e. The molecule has 1 aromatic heterocycles. The van der Waals surface area contributed by atoms with Gasteiger partial charge in [-0.2, -0.15) is 0 Å². The number of hydrogen-bond donors (Lipinski definition) is 2. The van der Waals surface area contributed by atoms with E-state index < -0.39 is 17.6 Å². The van der Waals surface area contributed by atoms with Gasteiger partial charge in [-0.3, -0.25) is 9.59 Å². The predicted molar refractivity (Wildman–Crippen MR) is 115 cm³/mol. The average Bonchev–Trinajstić information content (AvgIpc) is 3.12. The zero-order valence-corrected chi connectivity index (χ0v) is 15.8. The van der Waals surface area contributed by atoms with Crippen molar-refractivity contribution in [2.24, 2.45) is 0 Å². The highest BCUT2D eigenvalue weighted by Crippen LogP contribution is 2.31. The maximum atomic E-state index is 13.4. The van der Waals surface area contributed by atoms with Gasteiger partial charge in [0.2, 0.25) is 11.7 Å². The van der Waals surface area contributed by atoms with Gasteiger partial charge >= 0.3 is 0 Å². The first-order valence-electron chi connectivity index (χ1n) is 9.23. The van der Waals surface area contributed by atoms with Crippen LogP contribution >= 0.6 is 0 Å². The van der Waals surface area contributed by atoms with Crippen LogP contribution in [0.3, 0.4) is 0 Å². The molecule has 0 unspecified atom stereocenters. The van der Waals surface area contributed by atoms with Crippen LogP contribution in [0.25, 0.3) is 17.0 Å². The molecule has 0 aliphatic heterocycles. The molecular formula is C24H17FN2O3. The van der Waals surface area contributed by atoms with Crippen LogP contribution in [0.4, 0.5) is 15.8 Å². The van der Waals surface area contributed by atoms with E-state index in [2.05, 4.69) is 10.6 Å². The average molecular weight is 400 g/mol. The molecule has 2 N–H and O–H groups in total. The van der Waals surface area contributed by atoms with Crippen LogP contribution in [-0.2, 0) is 4.79 Å². The zero-order chi connectivity index (χ0) is 20.9. The Kier molecular flexibility index (Phi) is 5.39. The van der Waals surface area contributed by atoms with Crippen molar-refractivity contribution < 1.29 is 18.4 Å². The lowest BCUT2D eigenvalue weighted by molar-refractivity contribution is -0.111. The van der Waals surface area contributed by atoms with Crippen molar-refractivity contribution in [1.29, 1.82) is 0 Å². The fraction of sp³-hybridized carbons (Fsp3) is 0. The lowest BCUT2D eigenvalue weighted by Crippen LogP contribution is -2.15. The van der Waals surface area contributed by atoms with Crippen molar-refractivity contribution in [2.45, 2.75) is 0 Å². The number of halogens is 1. The molecule has 148 valence electrons. The van der Waals surface area contributed by atoms with E-state index in [4.69, 9.17) is 4.42 Å². The number of fused-ring (bicyclic) bond motifs is 1. The summed E-state index contributed by atoms with van der Waals surface area (Å²) in [5.41, 5.74) is 1.85. The van der Waals surface area contributed by atoms with E-state index in [0.29, 0.717) is 11.0 Å². The minimum absolute atomic E-state index is 0.0677. The molecule has 0 saturated carbocycles. The van der Waals surface area contributed by atoms with E-state index in [-0.39, 0.29) is 17.1 Å². The standard InChI is InChI=1S/C24H17FN2O3/c25-17-9-6-10-18(15-17)26-24(29)23-22(19-11-4-5-12-20(19)30-23)27-21(28)14-13-16-7-2-1-3-8-16/h1-15H,(H,26,29)(H,27,28). The lowest BCUT2D eigenvalue weighted by Gasteiger charge is -2.06. The molecule has 4 rings (SSSR count). The van der Waals surface area contributed by atoms with E-state index in [1.807, 2.05) is 30.3 Å². The molecule has 4 aromatic rings. The van der Waals surface area contributed by atoms with Crippen LogP contribution in [0.15, 0.2) is 89.4 Å². The first kappa shape index (κ1) is 19.1. The van der Waals surface area contributed by atoms with Gasteiger partial charge in [0.25, 0.3) is 5.91 Å². The summed E-state index contributed by atoms with van der Waals surface area (Å²) in [5, 5.41) is 5.90. The second kappa shape index (κ2) is 8.45. The Morgan fingerprint density at radius 3 is 2.43 bits per heavy atom. The molecule has 0 aliphatic rings. The molecular weight excluding hydrogens is 383 g/mol. The van der Waals surface area contributed by atoms with Crippen LogP contribution in [0.5, 0.6) is 0 Å². The Bertz CT molecular complexity index is 1250. The van der Waals surface area contributed by atoms with E-state index >= 15 is 0 Å². The fourth-order valence-corrected chi connectivity index (χ4v) is 2.98. The zero-order valence-electron chi connectivity index (χ0n) is 15.8. The van der Waals surface area contributed by atoms with Crippen molar-refractivity contribution in [3.05, 3.63) is 102 Å². The molecule has 0 bridgehead atoms. The number of furan rings is 1. The van der Waals surface area contributed by atoms with Crippen molar-refractivity contribution in [3.63, 3.8) is 0 Å². The molecule has 2 amide bonds. The number of amides is 2. The first-order valence-corrected chi connectivity index (χ1v) is 9.23. The van der Waals surface area contributed by atoms with Gasteiger partial charge in [-0.25, -0.2) is 4.39 Å². The van der Waals surface area contributed by atoms with Crippen LogP contribution in [0.1, 0.15) is 16.1 Å². The van der Waals surface area contributed by atoms with Crippen molar-refractivity contribution >= 4 is 40.2 Å². The quantitative estimate of drug-likeness (QED) is 0.436. The normalized spacial score (nSPS) is 11.0. The predicted octanol–water partition coefficient (Wildman–Crippen LogP) is 5.48. The molecule has 30 heavy (non-hydrogen) atoms. The van der Waals surface area contributed by atoms with Crippen LogP contribution in [-0.4, -0.2) is 11.8 Å². The van der Waals surface area contributed by atoms with Gasteiger partial charge in [0.15, 0.2) is 0 Å². The van der Waals surface area contributed by atoms with E-state index in [9.17, 15) is 14.0 Å². The number of benzene rings is 3. The number of carbonyl (C=O) groups is 2. The van der Waals surface area contributed by atoms with Gasteiger partial charge in [0.05, 0.1) is 0 Å². The minimum Gasteiger partial charge on any atom is -0.449 e. The van der Waals surface area contributed by atoms with Crippen molar-refractivity contribution in [3.8, 4) is 0 Å². The third kappa shape index (κ3) is 4.28. The highest BCUT2D eigenvalue weighted by atomic mass is 19.1. The Labute approximate surface area is 171 Å². The highest BCUT2D eigenvalue weighted by molar-refractivity contribution is 6.16. The molecule has 1 heterocycles. The summed E-state index contributed by atoms with van der Waals surface area (Å²) in [5.74, 6) is -1.55. The molecule has 6 heteroatoms. The summed E-state index contributed by atoms with van der Waals surface area (Å²) in [7, 11) is 0. The molecule has 3 aromatic carbocycles. The third-order valence-corrected chi connectivity index (χ3v) is 4.36. The van der Waals surface area contributed by atoms with Gasteiger partial charge in [-0.1, -0.05) is 48.5 Å². The van der Waals surface area contributed by atoms with Gasteiger partial charge in [-0.05, 0) is 42.0 Å². The van der Waals surface area contributed by atoms with Gasteiger partial charge in [-0.15, -0.1) is 0 Å². The third-order valence-electron chi connectivity index (χ3n) is 4.36. The largest absolute Gasteiger partial charge is 0.449 e. The van der Waals surface area contributed by atoms with Crippen molar-refractivity contribution in [1.82, 2.24) is 0 Å². The number of para-hydroxylation sites is 1. The van der Waals surface area contributed by atoms with Crippen molar-refractivity contribution in [2.75, 3.05) is 10.6 Å². The van der Waals surface area contributed by atoms with Crippen LogP contribution in [0.2, 0.25) is 0 Å². The Morgan fingerprint density at radius 1 is 0.867 bits per heavy atom. The molecule has 0 radical (unpaired) electrons. The number of nitrogens with one attached hydrogen (secondary N) is 2. The molecule has 0 spiro atoms. The second-order valence-electron chi connectivity index (χ2n) is 6.50. The summed E-state index contributed by atoms with van der Waals surface area (Å²) in [6.07, 6.45) is 3.05. The second-order valence-corrected chi connectivity index (χ2v) is 6.50. The number of anilines is 2. The first-order chi connectivity index (χ1) is 14.6. The lowest BCUT2D eigenvalue weighted by atomic mass is 10.2.